The second-order valence-corrected chi connectivity index (χ2v) is 12.8. The summed E-state index contributed by atoms with van der Waals surface area (Å²) in [5, 5.41) is 2.93. The van der Waals surface area contributed by atoms with Crippen LogP contribution in [0.4, 0.5) is 10.1 Å². The van der Waals surface area contributed by atoms with Gasteiger partial charge in [-0.15, -0.1) is 0 Å². The quantitative estimate of drug-likeness (QED) is 0.335. The summed E-state index contributed by atoms with van der Waals surface area (Å²) in [5.74, 6) is -1.18. The second kappa shape index (κ2) is 13.7. The second-order valence-electron chi connectivity index (χ2n) is 10.9. The van der Waals surface area contributed by atoms with E-state index in [0.29, 0.717) is 5.75 Å². The highest BCUT2D eigenvalue weighted by molar-refractivity contribution is 7.92. The molecule has 226 valence electrons. The first-order chi connectivity index (χ1) is 19.7. The highest BCUT2D eigenvalue weighted by Gasteiger charge is 2.35. The molecule has 1 N–H and O–H groups in total. The predicted molar refractivity (Wildman–Crippen MR) is 161 cm³/mol. The van der Waals surface area contributed by atoms with Crippen molar-refractivity contribution >= 4 is 27.5 Å². The maximum absolute atomic E-state index is 14.9. The standard InChI is InChI=1S/C31H38FN3O6S/c1-31(2,3)33-30(37)27(18-22-12-8-7-9-13-22)34(20-23-14-10-11-15-25(23)32)29(36)21-35(42(6,38)39)26-19-24(40-4)16-17-28(26)41-5/h7-17,19,27H,18,20-21H2,1-6H3,(H,33,37). The van der Waals surface area contributed by atoms with Gasteiger partial charge in [-0.3, -0.25) is 13.9 Å². The number of nitrogens with zero attached hydrogens (tertiary/aromatic N) is 2. The van der Waals surface area contributed by atoms with E-state index < -0.39 is 45.8 Å². The summed E-state index contributed by atoms with van der Waals surface area (Å²) in [7, 11) is -1.23. The van der Waals surface area contributed by atoms with Crippen LogP contribution in [0.3, 0.4) is 0 Å². The molecule has 0 saturated heterocycles. The van der Waals surface area contributed by atoms with E-state index in [1.165, 1.54) is 49.5 Å². The van der Waals surface area contributed by atoms with Crippen LogP contribution in [0.15, 0.2) is 72.8 Å². The molecular formula is C31H38FN3O6S. The van der Waals surface area contributed by atoms with Crippen molar-refractivity contribution in [1.82, 2.24) is 10.2 Å². The van der Waals surface area contributed by atoms with Crippen molar-refractivity contribution in [2.75, 3.05) is 31.3 Å². The highest BCUT2D eigenvalue weighted by Crippen LogP contribution is 2.34. The van der Waals surface area contributed by atoms with Gasteiger partial charge in [0.15, 0.2) is 0 Å². The molecule has 0 saturated carbocycles. The molecule has 0 bridgehead atoms. The highest BCUT2D eigenvalue weighted by atomic mass is 32.2. The molecule has 0 fully saturated rings. The maximum atomic E-state index is 14.9. The Bertz CT molecular complexity index is 1490. The number of benzene rings is 3. The van der Waals surface area contributed by atoms with Gasteiger partial charge in [0.1, 0.15) is 29.9 Å². The lowest BCUT2D eigenvalue weighted by atomic mass is 10.0. The van der Waals surface area contributed by atoms with Crippen LogP contribution in [0.5, 0.6) is 11.5 Å². The molecule has 3 aromatic carbocycles. The molecule has 0 aliphatic rings. The molecule has 3 aromatic rings. The zero-order valence-corrected chi connectivity index (χ0v) is 25.6. The lowest BCUT2D eigenvalue weighted by Gasteiger charge is -2.35. The largest absolute Gasteiger partial charge is 0.497 e. The van der Waals surface area contributed by atoms with E-state index in [1.54, 1.807) is 12.1 Å². The lowest BCUT2D eigenvalue weighted by molar-refractivity contribution is -0.140. The third-order valence-corrected chi connectivity index (χ3v) is 7.53. The van der Waals surface area contributed by atoms with Gasteiger partial charge in [-0.1, -0.05) is 48.5 Å². The summed E-state index contributed by atoms with van der Waals surface area (Å²) < 4.78 is 52.6. The Morgan fingerprint density at radius 3 is 2.17 bits per heavy atom. The van der Waals surface area contributed by atoms with Crippen LogP contribution < -0.4 is 19.1 Å². The summed E-state index contributed by atoms with van der Waals surface area (Å²) in [5.41, 5.74) is 0.396. The normalized spacial score (nSPS) is 12.3. The first kappa shape index (κ1) is 32.4. The van der Waals surface area contributed by atoms with Crippen LogP contribution in [0.1, 0.15) is 31.9 Å². The monoisotopic (exact) mass is 599 g/mol. The molecular weight excluding hydrogens is 561 g/mol. The number of hydrogen-bond acceptors (Lipinski definition) is 6. The third-order valence-electron chi connectivity index (χ3n) is 6.40. The number of methoxy groups -OCH3 is 2. The molecule has 2 amide bonds. The molecule has 3 rings (SSSR count). The number of carbonyl (C=O) groups is 2. The van der Waals surface area contributed by atoms with Crippen molar-refractivity contribution in [3.8, 4) is 11.5 Å². The van der Waals surface area contributed by atoms with Gasteiger partial charge in [0.25, 0.3) is 0 Å². The van der Waals surface area contributed by atoms with Gasteiger partial charge in [-0.2, -0.15) is 0 Å². The number of halogens is 1. The number of amides is 2. The molecule has 0 radical (unpaired) electrons. The Morgan fingerprint density at radius 1 is 0.952 bits per heavy atom. The van der Waals surface area contributed by atoms with E-state index in [9.17, 15) is 22.4 Å². The number of nitrogens with one attached hydrogen (secondary N) is 1. The van der Waals surface area contributed by atoms with Crippen molar-refractivity contribution in [3.63, 3.8) is 0 Å². The van der Waals surface area contributed by atoms with E-state index in [0.717, 1.165) is 16.1 Å². The van der Waals surface area contributed by atoms with Crippen molar-refractivity contribution < 1.29 is 31.9 Å². The van der Waals surface area contributed by atoms with Gasteiger partial charge in [-0.25, -0.2) is 12.8 Å². The predicted octanol–water partition coefficient (Wildman–Crippen LogP) is 4.16. The minimum Gasteiger partial charge on any atom is -0.497 e. The van der Waals surface area contributed by atoms with Crippen molar-refractivity contribution in [2.24, 2.45) is 0 Å². The number of ether oxygens (including phenoxy) is 2. The summed E-state index contributed by atoms with van der Waals surface area (Å²) in [6.45, 7) is 4.49. The van der Waals surface area contributed by atoms with E-state index in [4.69, 9.17) is 9.47 Å². The summed E-state index contributed by atoms with van der Waals surface area (Å²) in [4.78, 5) is 29.2. The average Bonchev–Trinajstić information content (AvgIpc) is 2.93. The van der Waals surface area contributed by atoms with Crippen molar-refractivity contribution in [2.45, 2.75) is 45.3 Å². The number of carbonyl (C=O) groups excluding carboxylic acids is 2. The van der Waals surface area contributed by atoms with Crippen molar-refractivity contribution in [3.05, 3.63) is 89.7 Å². The molecule has 9 nitrogen and oxygen atoms in total. The zero-order chi connectivity index (χ0) is 31.1. The van der Waals surface area contributed by atoms with Crippen LogP contribution in [-0.2, 0) is 32.6 Å². The number of rotatable bonds is 12. The van der Waals surface area contributed by atoms with Gasteiger partial charge in [0.2, 0.25) is 21.8 Å². The zero-order valence-electron chi connectivity index (χ0n) is 24.8. The lowest BCUT2D eigenvalue weighted by Crippen LogP contribution is -2.56. The van der Waals surface area contributed by atoms with E-state index in [1.807, 2.05) is 51.1 Å². The van der Waals surface area contributed by atoms with Crippen LogP contribution in [0, 0.1) is 5.82 Å². The third kappa shape index (κ3) is 8.69. The molecule has 0 spiro atoms. The summed E-state index contributed by atoms with van der Waals surface area (Å²) in [6, 6.07) is 18.6. The van der Waals surface area contributed by atoms with E-state index >= 15 is 0 Å². The molecule has 0 aromatic heterocycles. The fourth-order valence-corrected chi connectivity index (χ4v) is 5.25. The first-order valence-corrected chi connectivity index (χ1v) is 15.2. The van der Waals surface area contributed by atoms with Crippen LogP contribution >= 0.6 is 0 Å². The Balaban J connectivity index is 2.14. The molecule has 1 atom stereocenters. The van der Waals surface area contributed by atoms with E-state index in [-0.39, 0.29) is 30.0 Å². The van der Waals surface area contributed by atoms with Crippen molar-refractivity contribution in [1.29, 1.82) is 0 Å². The Labute approximate surface area is 247 Å². The van der Waals surface area contributed by atoms with Crippen LogP contribution in [0.25, 0.3) is 0 Å². The smallest absolute Gasteiger partial charge is 0.244 e. The van der Waals surface area contributed by atoms with E-state index in [2.05, 4.69) is 5.32 Å². The minimum atomic E-state index is -4.04. The Kier molecular flexibility index (Phi) is 10.6. The molecule has 1 unspecified atom stereocenters. The first-order valence-electron chi connectivity index (χ1n) is 13.3. The summed E-state index contributed by atoms with van der Waals surface area (Å²) in [6.07, 6.45) is 1.08. The molecule has 0 aliphatic carbocycles. The molecule has 0 aliphatic heterocycles. The minimum absolute atomic E-state index is 0.0808. The molecule has 42 heavy (non-hydrogen) atoms. The SMILES string of the molecule is COc1ccc(OC)c(N(CC(=O)N(Cc2ccccc2F)C(Cc2ccccc2)C(=O)NC(C)(C)C)S(C)(=O)=O)c1. The van der Waals surface area contributed by atoms with Gasteiger partial charge >= 0.3 is 0 Å². The number of sulfonamides is 1. The maximum Gasteiger partial charge on any atom is 0.244 e. The summed E-state index contributed by atoms with van der Waals surface area (Å²) >= 11 is 0. The number of anilines is 1. The van der Waals surface area contributed by atoms with Crippen LogP contribution in [-0.4, -0.2) is 63.7 Å². The van der Waals surface area contributed by atoms with Gasteiger partial charge < -0.3 is 19.7 Å². The van der Waals surface area contributed by atoms with Gasteiger partial charge in [0, 0.05) is 30.1 Å². The fourth-order valence-electron chi connectivity index (χ4n) is 4.40. The fraction of sp³-hybridized carbons (Fsp3) is 0.355. The van der Waals surface area contributed by atoms with Gasteiger partial charge in [-0.05, 0) is 44.5 Å². The van der Waals surface area contributed by atoms with Gasteiger partial charge in [0.05, 0.1) is 26.2 Å². The Morgan fingerprint density at radius 2 is 1.60 bits per heavy atom. The van der Waals surface area contributed by atoms with Crippen LogP contribution in [0.2, 0.25) is 0 Å². The number of hydrogen-bond donors (Lipinski definition) is 1. The average molecular weight is 600 g/mol. The Hall–Kier alpha value is -4.12. The molecule has 11 heteroatoms. The molecule has 0 heterocycles. The topological polar surface area (TPSA) is 105 Å².